The topological polar surface area (TPSA) is 12.0 Å². The van der Waals surface area contributed by atoms with Crippen LogP contribution in [0, 0.1) is 5.92 Å². The molecule has 2 unspecified atom stereocenters. The molecule has 1 nitrogen and oxygen atoms in total. The molecule has 0 spiro atoms. The van der Waals surface area contributed by atoms with E-state index >= 15 is 0 Å². The van der Waals surface area contributed by atoms with Crippen LogP contribution in [0.25, 0.3) is 10.8 Å². The van der Waals surface area contributed by atoms with Crippen molar-refractivity contribution in [2.45, 2.75) is 32.7 Å². The Kier molecular flexibility index (Phi) is 5.00. The van der Waals surface area contributed by atoms with Crippen molar-refractivity contribution in [2.24, 2.45) is 5.92 Å². The predicted octanol–water partition coefficient (Wildman–Crippen LogP) is 5.30. The number of rotatable bonds is 5. The summed E-state index contributed by atoms with van der Waals surface area (Å²) in [6.45, 7) is 4.58. The van der Waals surface area contributed by atoms with E-state index in [1.807, 2.05) is 0 Å². The van der Waals surface area contributed by atoms with E-state index in [9.17, 15) is 0 Å². The SMILES string of the molecule is CCC(C)CC(NC)c1ccc2cc(Br)ccc2c1. The third-order valence-corrected chi connectivity index (χ3v) is 4.41. The Morgan fingerprint density at radius 1 is 1.11 bits per heavy atom. The Bertz CT molecular complexity index is 550. The Morgan fingerprint density at radius 3 is 2.47 bits per heavy atom. The lowest BCUT2D eigenvalue weighted by Gasteiger charge is -2.20. The van der Waals surface area contributed by atoms with Gasteiger partial charge in [0.25, 0.3) is 0 Å². The molecule has 2 heteroatoms. The minimum atomic E-state index is 0.447. The molecule has 0 aliphatic rings. The van der Waals surface area contributed by atoms with E-state index in [1.165, 1.54) is 29.2 Å². The van der Waals surface area contributed by atoms with Gasteiger partial charge in [-0.3, -0.25) is 0 Å². The summed E-state index contributed by atoms with van der Waals surface area (Å²) in [5.41, 5.74) is 1.39. The molecule has 0 aliphatic heterocycles. The van der Waals surface area contributed by atoms with Gasteiger partial charge < -0.3 is 5.32 Å². The van der Waals surface area contributed by atoms with Crippen molar-refractivity contribution in [3.63, 3.8) is 0 Å². The van der Waals surface area contributed by atoms with Crippen molar-refractivity contribution in [3.8, 4) is 0 Å². The maximum atomic E-state index is 3.52. The highest BCUT2D eigenvalue weighted by Crippen LogP contribution is 2.27. The molecule has 0 amide bonds. The summed E-state index contributed by atoms with van der Waals surface area (Å²) in [5, 5.41) is 6.05. The molecule has 19 heavy (non-hydrogen) atoms. The molecule has 0 bridgehead atoms. The van der Waals surface area contributed by atoms with E-state index in [1.54, 1.807) is 0 Å². The van der Waals surface area contributed by atoms with E-state index in [-0.39, 0.29) is 0 Å². The van der Waals surface area contributed by atoms with Gasteiger partial charge in [0.2, 0.25) is 0 Å². The van der Waals surface area contributed by atoms with Gasteiger partial charge in [0.05, 0.1) is 0 Å². The van der Waals surface area contributed by atoms with Crippen LogP contribution in [0.2, 0.25) is 0 Å². The Labute approximate surface area is 124 Å². The maximum Gasteiger partial charge on any atom is 0.0320 e. The first-order chi connectivity index (χ1) is 9.13. The van der Waals surface area contributed by atoms with Crippen molar-refractivity contribution in [1.29, 1.82) is 0 Å². The van der Waals surface area contributed by atoms with Crippen LogP contribution >= 0.6 is 15.9 Å². The van der Waals surface area contributed by atoms with Crippen LogP contribution in [0.15, 0.2) is 40.9 Å². The molecule has 0 aliphatic carbocycles. The standard InChI is InChI=1S/C17H22BrN/c1-4-12(2)9-17(19-3)15-6-5-14-11-16(18)8-7-13(14)10-15/h5-8,10-12,17,19H,4,9H2,1-3H3. The minimum Gasteiger partial charge on any atom is -0.313 e. The maximum absolute atomic E-state index is 3.52. The van der Waals surface area contributed by atoms with Gasteiger partial charge in [-0.2, -0.15) is 0 Å². The molecule has 0 saturated carbocycles. The molecular weight excluding hydrogens is 298 g/mol. The molecule has 0 saturated heterocycles. The fourth-order valence-corrected chi connectivity index (χ4v) is 2.82. The van der Waals surface area contributed by atoms with E-state index < -0.39 is 0 Å². The van der Waals surface area contributed by atoms with Gasteiger partial charge in [-0.05, 0) is 53.9 Å². The zero-order valence-electron chi connectivity index (χ0n) is 11.9. The molecule has 2 rings (SSSR count). The average Bonchev–Trinajstić information content (AvgIpc) is 2.43. The second-order valence-corrected chi connectivity index (χ2v) is 6.26. The second-order valence-electron chi connectivity index (χ2n) is 5.34. The van der Waals surface area contributed by atoms with Gasteiger partial charge in [0.15, 0.2) is 0 Å². The average molecular weight is 320 g/mol. The molecular formula is C17H22BrN. The summed E-state index contributed by atoms with van der Waals surface area (Å²) >= 11 is 3.52. The monoisotopic (exact) mass is 319 g/mol. The van der Waals surface area contributed by atoms with Crippen LogP contribution in [0.1, 0.15) is 38.3 Å². The summed E-state index contributed by atoms with van der Waals surface area (Å²) < 4.78 is 1.14. The third-order valence-electron chi connectivity index (χ3n) is 3.91. The van der Waals surface area contributed by atoms with E-state index in [0.717, 1.165) is 10.4 Å². The number of hydrogen-bond acceptors (Lipinski definition) is 1. The quantitative estimate of drug-likeness (QED) is 0.788. The molecule has 2 aromatic rings. The summed E-state index contributed by atoms with van der Waals surface area (Å²) in [7, 11) is 2.05. The fraction of sp³-hybridized carbons (Fsp3) is 0.412. The highest BCUT2D eigenvalue weighted by atomic mass is 79.9. The molecule has 102 valence electrons. The van der Waals surface area contributed by atoms with Crippen LogP contribution < -0.4 is 5.32 Å². The van der Waals surface area contributed by atoms with E-state index in [4.69, 9.17) is 0 Å². The van der Waals surface area contributed by atoms with Crippen LogP contribution in [0.3, 0.4) is 0 Å². The van der Waals surface area contributed by atoms with Gasteiger partial charge in [-0.15, -0.1) is 0 Å². The van der Waals surface area contributed by atoms with E-state index in [2.05, 4.69) is 78.5 Å². The first-order valence-electron chi connectivity index (χ1n) is 7.00. The molecule has 2 atom stereocenters. The Balaban J connectivity index is 2.30. The zero-order chi connectivity index (χ0) is 13.8. The zero-order valence-corrected chi connectivity index (χ0v) is 13.5. The lowest BCUT2D eigenvalue weighted by atomic mass is 9.93. The summed E-state index contributed by atoms with van der Waals surface area (Å²) in [6.07, 6.45) is 2.42. The van der Waals surface area contributed by atoms with Crippen LogP contribution in [0.4, 0.5) is 0 Å². The summed E-state index contributed by atoms with van der Waals surface area (Å²) in [4.78, 5) is 0. The first kappa shape index (κ1) is 14.5. The summed E-state index contributed by atoms with van der Waals surface area (Å²) in [6, 6.07) is 13.7. The lowest BCUT2D eigenvalue weighted by Crippen LogP contribution is -2.18. The van der Waals surface area contributed by atoms with Gasteiger partial charge in [0, 0.05) is 10.5 Å². The molecule has 0 aromatic heterocycles. The van der Waals surface area contributed by atoms with Crippen molar-refractivity contribution in [1.82, 2.24) is 5.32 Å². The number of benzene rings is 2. The van der Waals surface area contributed by atoms with Crippen LogP contribution in [-0.4, -0.2) is 7.05 Å². The molecule has 1 N–H and O–H groups in total. The number of hydrogen-bond donors (Lipinski definition) is 1. The van der Waals surface area contributed by atoms with Crippen molar-refractivity contribution >= 4 is 26.7 Å². The number of fused-ring (bicyclic) bond motifs is 1. The van der Waals surface area contributed by atoms with E-state index in [0.29, 0.717) is 6.04 Å². The fourth-order valence-electron chi connectivity index (χ4n) is 2.44. The number of halogens is 1. The van der Waals surface area contributed by atoms with Gasteiger partial charge in [-0.1, -0.05) is 54.4 Å². The highest BCUT2D eigenvalue weighted by molar-refractivity contribution is 9.10. The first-order valence-corrected chi connectivity index (χ1v) is 7.79. The number of nitrogens with one attached hydrogen (secondary N) is 1. The van der Waals surface area contributed by atoms with Gasteiger partial charge in [-0.25, -0.2) is 0 Å². The van der Waals surface area contributed by atoms with Crippen molar-refractivity contribution in [2.75, 3.05) is 7.05 Å². The predicted molar refractivity (Wildman–Crippen MR) is 87.5 cm³/mol. The lowest BCUT2D eigenvalue weighted by molar-refractivity contribution is 0.422. The second kappa shape index (κ2) is 6.53. The van der Waals surface area contributed by atoms with Crippen molar-refractivity contribution < 1.29 is 0 Å². The third kappa shape index (κ3) is 3.58. The largest absolute Gasteiger partial charge is 0.313 e. The minimum absolute atomic E-state index is 0.447. The van der Waals surface area contributed by atoms with Crippen LogP contribution in [0.5, 0.6) is 0 Å². The van der Waals surface area contributed by atoms with Gasteiger partial charge in [0.1, 0.15) is 0 Å². The Morgan fingerprint density at radius 2 is 1.79 bits per heavy atom. The van der Waals surface area contributed by atoms with Crippen molar-refractivity contribution in [3.05, 3.63) is 46.4 Å². The molecule has 0 radical (unpaired) electrons. The normalized spacial score (nSPS) is 14.5. The smallest absolute Gasteiger partial charge is 0.0320 e. The van der Waals surface area contributed by atoms with Gasteiger partial charge >= 0.3 is 0 Å². The molecule has 0 fully saturated rings. The van der Waals surface area contributed by atoms with Crippen LogP contribution in [-0.2, 0) is 0 Å². The molecule has 0 heterocycles. The highest BCUT2D eigenvalue weighted by Gasteiger charge is 2.13. The summed E-state index contributed by atoms with van der Waals surface area (Å²) in [5.74, 6) is 0.748. The Hall–Kier alpha value is -0.860. The molecule has 2 aromatic carbocycles.